The first kappa shape index (κ1) is 19.4. The molecule has 0 spiro atoms. The Balaban J connectivity index is 2.02. The second-order valence-corrected chi connectivity index (χ2v) is 8.72. The maximum atomic E-state index is 13.7. The summed E-state index contributed by atoms with van der Waals surface area (Å²) in [7, 11) is -3.26. The van der Waals surface area contributed by atoms with E-state index in [1.807, 2.05) is 60.7 Å². The van der Waals surface area contributed by atoms with Crippen LogP contribution in [0, 0.1) is 0 Å². The van der Waals surface area contributed by atoms with E-state index in [1.165, 1.54) is 11.6 Å². The van der Waals surface area contributed by atoms with Gasteiger partial charge in [-0.2, -0.15) is 0 Å². The minimum absolute atomic E-state index is 0.379. The molecule has 6 heteroatoms. The number of halogens is 2. The van der Waals surface area contributed by atoms with Gasteiger partial charge >= 0.3 is 0 Å². The Morgan fingerprint density at radius 3 is 1.78 bits per heavy atom. The summed E-state index contributed by atoms with van der Waals surface area (Å²) in [6.45, 7) is 0. The lowest BCUT2D eigenvalue weighted by Crippen LogP contribution is -1.94. The standard InChI is InChI=1S/C21H17Cl2N2OP/c22-20(17-8-3-1-4-9-17)15-27(26,25-19-12-7-13-24-14-19)16-21(23)18-10-5-2-6-11-18/h1-16H,(H,25,26)/b20-15-,21-16-. The number of nitrogens with zero attached hydrogens (tertiary/aromatic N) is 1. The van der Waals surface area contributed by atoms with Crippen LogP contribution in [-0.4, -0.2) is 4.98 Å². The maximum absolute atomic E-state index is 13.7. The number of rotatable bonds is 6. The predicted molar refractivity (Wildman–Crippen MR) is 116 cm³/mol. The molecule has 3 aromatic rings. The van der Waals surface area contributed by atoms with Crippen LogP contribution in [0.25, 0.3) is 10.1 Å². The van der Waals surface area contributed by atoms with Gasteiger partial charge in [0, 0.05) is 17.8 Å². The van der Waals surface area contributed by atoms with E-state index in [4.69, 9.17) is 23.2 Å². The zero-order valence-electron chi connectivity index (χ0n) is 14.3. The normalized spacial score (nSPS) is 12.7. The van der Waals surface area contributed by atoms with Crippen molar-refractivity contribution in [1.82, 2.24) is 4.98 Å². The Morgan fingerprint density at radius 2 is 1.33 bits per heavy atom. The Bertz CT molecular complexity index is 931. The molecule has 0 fully saturated rings. The van der Waals surface area contributed by atoms with Gasteiger partial charge in [-0.05, 0) is 23.3 Å². The fourth-order valence-corrected chi connectivity index (χ4v) is 5.25. The molecular formula is C21H17Cl2N2OP. The number of hydrogen-bond acceptors (Lipinski definition) is 2. The van der Waals surface area contributed by atoms with Crippen molar-refractivity contribution in [3.05, 3.63) is 108 Å². The molecule has 0 saturated heterocycles. The van der Waals surface area contributed by atoms with E-state index in [9.17, 15) is 4.57 Å². The number of hydrogen-bond donors (Lipinski definition) is 1. The molecule has 0 amide bonds. The van der Waals surface area contributed by atoms with Crippen LogP contribution in [0.1, 0.15) is 11.1 Å². The zero-order chi connectivity index (χ0) is 19.1. The van der Waals surface area contributed by atoms with Gasteiger partial charge < -0.3 is 5.09 Å². The van der Waals surface area contributed by atoms with Crippen LogP contribution in [0.3, 0.4) is 0 Å². The lowest BCUT2D eigenvalue weighted by Gasteiger charge is -2.15. The smallest absolute Gasteiger partial charge is 0.216 e. The van der Waals surface area contributed by atoms with Gasteiger partial charge in [-0.1, -0.05) is 83.9 Å². The monoisotopic (exact) mass is 414 g/mol. The summed E-state index contributed by atoms with van der Waals surface area (Å²) in [4.78, 5) is 4.05. The van der Waals surface area contributed by atoms with Gasteiger partial charge in [-0.15, -0.1) is 0 Å². The molecule has 136 valence electrons. The molecule has 0 atom stereocenters. The molecule has 1 heterocycles. The third kappa shape index (κ3) is 5.58. The first-order chi connectivity index (χ1) is 13.1. The first-order valence-electron chi connectivity index (χ1n) is 8.21. The molecule has 1 aromatic heterocycles. The van der Waals surface area contributed by atoms with E-state index in [2.05, 4.69) is 10.1 Å². The van der Waals surface area contributed by atoms with E-state index in [0.29, 0.717) is 15.8 Å². The first-order valence-corrected chi connectivity index (χ1v) is 10.8. The average Bonchev–Trinajstić information content (AvgIpc) is 2.69. The minimum atomic E-state index is -3.26. The number of nitrogens with one attached hydrogen (secondary N) is 1. The largest absolute Gasteiger partial charge is 0.329 e. The van der Waals surface area contributed by atoms with Crippen LogP contribution in [0.5, 0.6) is 0 Å². The van der Waals surface area contributed by atoms with Gasteiger partial charge in [-0.25, -0.2) is 0 Å². The van der Waals surface area contributed by atoms with E-state index in [-0.39, 0.29) is 0 Å². The summed E-state index contributed by atoms with van der Waals surface area (Å²) in [5.74, 6) is 3.03. The molecule has 0 radical (unpaired) electrons. The SMILES string of the molecule is O=P(/C=C(\Cl)c1ccccc1)(/C=C(\Cl)c1ccccc1)Nc1cccnc1. The lowest BCUT2D eigenvalue weighted by molar-refractivity contribution is 0.589. The lowest BCUT2D eigenvalue weighted by atomic mass is 10.2. The van der Waals surface area contributed by atoms with Crippen molar-refractivity contribution in [1.29, 1.82) is 0 Å². The van der Waals surface area contributed by atoms with Crippen molar-refractivity contribution in [2.75, 3.05) is 5.09 Å². The molecule has 1 N–H and O–H groups in total. The Labute approximate surface area is 168 Å². The van der Waals surface area contributed by atoms with Crippen molar-refractivity contribution >= 4 is 46.2 Å². The zero-order valence-corrected chi connectivity index (χ0v) is 16.7. The van der Waals surface area contributed by atoms with Gasteiger partial charge in [-0.3, -0.25) is 9.55 Å². The van der Waals surface area contributed by atoms with Crippen LogP contribution in [-0.2, 0) is 4.57 Å². The second-order valence-electron chi connectivity index (χ2n) is 5.75. The second kappa shape index (κ2) is 9.05. The summed E-state index contributed by atoms with van der Waals surface area (Å²) in [5, 5.41) is 3.79. The third-order valence-electron chi connectivity index (χ3n) is 3.67. The van der Waals surface area contributed by atoms with E-state index in [1.54, 1.807) is 24.5 Å². The van der Waals surface area contributed by atoms with Gasteiger partial charge in [0.15, 0.2) is 0 Å². The molecule has 2 aromatic carbocycles. The van der Waals surface area contributed by atoms with Gasteiger partial charge in [0.25, 0.3) is 0 Å². The number of pyridine rings is 1. The van der Waals surface area contributed by atoms with Crippen LogP contribution < -0.4 is 5.09 Å². The highest BCUT2D eigenvalue weighted by atomic mass is 35.5. The van der Waals surface area contributed by atoms with Crippen molar-refractivity contribution < 1.29 is 4.57 Å². The molecule has 0 aliphatic rings. The van der Waals surface area contributed by atoms with Gasteiger partial charge in [0.05, 0.1) is 21.9 Å². The molecule has 3 rings (SSSR count). The Hall–Kier alpha value is -2.32. The van der Waals surface area contributed by atoms with Crippen LogP contribution >= 0.6 is 30.5 Å². The Kier molecular flexibility index (Phi) is 6.52. The fraction of sp³-hybridized carbons (Fsp3) is 0. The van der Waals surface area contributed by atoms with Gasteiger partial charge in [0.2, 0.25) is 7.29 Å². The van der Waals surface area contributed by atoms with Crippen molar-refractivity contribution in [3.8, 4) is 0 Å². The van der Waals surface area contributed by atoms with E-state index in [0.717, 1.165) is 11.1 Å². The van der Waals surface area contributed by atoms with Crippen molar-refractivity contribution in [2.45, 2.75) is 0 Å². The topological polar surface area (TPSA) is 42.0 Å². The highest BCUT2D eigenvalue weighted by Gasteiger charge is 2.19. The van der Waals surface area contributed by atoms with Crippen LogP contribution in [0.15, 0.2) is 96.8 Å². The molecule has 0 aliphatic heterocycles. The molecule has 0 saturated carbocycles. The third-order valence-corrected chi connectivity index (χ3v) is 6.52. The van der Waals surface area contributed by atoms with Crippen molar-refractivity contribution in [3.63, 3.8) is 0 Å². The fourth-order valence-electron chi connectivity index (χ4n) is 2.41. The summed E-state index contributed by atoms with van der Waals surface area (Å²) >= 11 is 12.9. The molecule has 27 heavy (non-hydrogen) atoms. The maximum Gasteiger partial charge on any atom is 0.216 e. The molecule has 0 unspecified atom stereocenters. The average molecular weight is 415 g/mol. The summed E-state index contributed by atoms with van der Waals surface area (Å²) < 4.78 is 13.7. The number of aromatic nitrogens is 1. The number of benzene rings is 2. The van der Waals surface area contributed by atoms with Crippen LogP contribution in [0.2, 0.25) is 0 Å². The quantitative estimate of drug-likeness (QED) is 0.431. The van der Waals surface area contributed by atoms with E-state index >= 15 is 0 Å². The molecule has 0 bridgehead atoms. The van der Waals surface area contributed by atoms with Crippen LogP contribution in [0.4, 0.5) is 5.69 Å². The minimum Gasteiger partial charge on any atom is -0.329 e. The summed E-state index contributed by atoms with van der Waals surface area (Å²) in [6.07, 6.45) is 3.25. The summed E-state index contributed by atoms with van der Waals surface area (Å²) in [5.41, 5.74) is 2.16. The highest BCUT2D eigenvalue weighted by Crippen LogP contribution is 2.53. The Morgan fingerprint density at radius 1 is 0.815 bits per heavy atom. The summed E-state index contributed by atoms with van der Waals surface area (Å²) in [6, 6.07) is 22.3. The van der Waals surface area contributed by atoms with Crippen molar-refractivity contribution in [2.24, 2.45) is 0 Å². The van der Waals surface area contributed by atoms with Gasteiger partial charge in [0.1, 0.15) is 0 Å². The molecule has 0 aliphatic carbocycles. The van der Waals surface area contributed by atoms with E-state index < -0.39 is 7.29 Å². The molecular weight excluding hydrogens is 398 g/mol. The highest BCUT2D eigenvalue weighted by molar-refractivity contribution is 7.72. The molecule has 3 nitrogen and oxygen atoms in total. The predicted octanol–water partition coefficient (Wildman–Crippen LogP) is 7.25. The number of anilines is 1.